The third kappa shape index (κ3) is 17.5. The van der Waals surface area contributed by atoms with E-state index in [0.717, 1.165) is 16.5 Å². The van der Waals surface area contributed by atoms with Gasteiger partial charge in [-0.1, -0.05) is 60.7 Å². The number of nitrogens with one attached hydrogen (secondary N) is 8. The highest BCUT2D eigenvalue weighted by atomic mass is 32.1. The molecule has 0 unspecified atom stereocenters. The summed E-state index contributed by atoms with van der Waals surface area (Å²) in [4.78, 5) is 113. The number of aromatic hydroxyl groups is 1. The SMILES string of the molecule is C[C@@H](O)[C@H](NC(=O)[C@@H](NC(=O)C(C)(C)NC(=O)[C@H](CCCN)NC(=O)[C@@H](Cc1c[nH]c2ccccc12)NC(=O)[C@H](Cc1ccc(O)cc1)NC(=O)[C@H](CS)NC(=O)[C@H](N)Cc1ccccc1)C(C)(C)S)C(N)=O. The number of hydrogen-bond acceptors (Lipinski definition) is 14. The molecule has 8 atom stereocenters. The van der Waals surface area contributed by atoms with E-state index in [1.807, 2.05) is 36.4 Å². The van der Waals surface area contributed by atoms with Crippen molar-refractivity contribution >= 4 is 83.4 Å². The van der Waals surface area contributed by atoms with Crippen LogP contribution in [0.1, 0.15) is 64.2 Å². The number of carbonyl (C=O) groups is 8. The minimum atomic E-state index is -1.76. The van der Waals surface area contributed by atoms with Gasteiger partial charge in [-0.15, -0.1) is 0 Å². The molecule has 0 radical (unpaired) electrons. The number of aliphatic hydroxyl groups excluding tert-OH is 1. The first kappa shape index (κ1) is 58.9. The van der Waals surface area contributed by atoms with Gasteiger partial charge in [0.2, 0.25) is 47.3 Å². The number of aliphatic hydroxyl groups is 1. The maximum absolute atomic E-state index is 14.6. The molecule has 1 aromatic heterocycles. The van der Waals surface area contributed by atoms with E-state index in [2.05, 4.69) is 67.5 Å². The maximum Gasteiger partial charge on any atom is 0.245 e. The van der Waals surface area contributed by atoms with Gasteiger partial charge in [0, 0.05) is 40.4 Å². The summed E-state index contributed by atoms with van der Waals surface area (Å²) in [7, 11) is 0. The minimum Gasteiger partial charge on any atom is -0.508 e. The molecule has 21 nitrogen and oxygen atoms in total. The summed E-state index contributed by atoms with van der Waals surface area (Å²) in [6, 6.07) is 12.9. The third-order valence-corrected chi connectivity index (χ3v) is 12.5. The van der Waals surface area contributed by atoms with Crippen molar-refractivity contribution in [3.63, 3.8) is 0 Å². The smallest absolute Gasteiger partial charge is 0.245 e. The molecule has 0 fully saturated rings. The Balaban J connectivity index is 1.62. The van der Waals surface area contributed by atoms with Crippen LogP contribution in [0.2, 0.25) is 0 Å². The number of thiol groups is 2. The highest BCUT2D eigenvalue weighted by Crippen LogP contribution is 2.22. The molecule has 0 aliphatic rings. The van der Waals surface area contributed by atoms with Crippen LogP contribution in [-0.4, -0.2) is 133 Å². The number of rotatable bonds is 27. The Bertz CT molecular complexity index is 2560. The first-order valence-corrected chi connectivity index (χ1v) is 24.7. The molecule has 3 aromatic carbocycles. The summed E-state index contributed by atoms with van der Waals surface area (Å²) >= 11 is 8.78. The van der Waals surface area contributed by atoms with Gasteiger partial charge in [-0.2, -0.15) is 25.3 Å². The van der Waals surface area contributed by atoms with Gasteiger partial charge in [0.25, 0.3) is 0 Å². The summed E-state index contributed by atoms with van der Waals surface area (Å²) in [5.74, 6) is -6.89. The summed E-state index contributed by atoms with van der Waals surface area (Å²) in [5, 5.41) is 39.1. The summed E-state index contributed by atoms with van der Waals surface area (Å²) in [5.41, 5.74) is 18.3. The number of amides is 8. The van der Waals surface area contributed by atoms with E-state index < -0.39 is 106 Å². The lowest BCUT2D eigenvalue weighted by Gasteiger charge is -2.35. The van der Waals surface area contributed by atoms with Gasteiger partial charge < -0.3 is 69.6 Å². The zero-order valence-corrected chi connectivity index (χ0v) is 43.2. The Labute approximate surface area is 434 Å². The van der Waals surface area contributed by atoms with Gasteiger partial charge in [-0.05, 0) is 95.3 Å². The number of phenols is 1. The van der Waals surface area contributed by atoms with Gasteiger partial charge in [-0.3, -0.25) is 38.4 Å². The Hall–Kier alpha value is -6.66. The van der Waals surface area contributed by atoms with Crippen LogP contribution < -0.4 is 54.4 Å². The first-order valence-electron chi connectivity index (χ1n) is 23.6. The molecule has 73 heavy (non-hydrogen) atoms. The fraction of sp³-hybridized carbons (Fsp3) is 0.440. The van der Waals surface area contributed by atoms with Crippen molar-refractivity contribution in [2.45, 2.75) is 125 Å². The molecule has 0 bridgehead atoms. The van der Waals surface area contributed by atoms with Gasteiger partial charge in [0.15, 0.2) is 0 Å². The quantitative estimate of drug-likeness (QED) is 0.0329. The molecule has 0 saturated carbocycles. The molecule has 8 amide bonds. The van der Waals surface area contributed by atoms with E-state index in [0.29, 0.717) is 11.1 Å². The first-order chi connectivity index (χ1) is 34.3. The normalized spacial score (nSPS) is 14.9. The molecule has 0 aliphatic carbocycles. The number of nitrogens with two attached hydrogens (primary N) is 3. The highest BCUT2D eigenvalue weighted by molar-refractivity contribution is 7.81. The monoisotopic (exact) mass is 1050 g/mol. The van der Waals surface area contributed by atoms with Crippen molar-refractivity contribution in [3.8, 4) is 5.75 Å². The Morgan fingerprint density at radius 2 is 1.22 bits per heavy atom. The topological polar surface area (TPSA) is 355 Å². The Kier molecular flexibility index (Phi) is 21.7. The highest BCUT2D eigenvalue weighted by Gasteiger charge is 2.41. The van der Waals surface area contributed by atoms with Crippen LogP contribution in [0.5, 0.6) is 5.75 Å². The number of H-pyrrole nitrogens is 1. The zero-order chi connectivity index (χ0) is 54.2. The average molecular weight is 1050 g/mol. The van der Waals surface area contributed by atoms with Crippen molar-refractivity contribution in [2.75, 3.05) is 12.3 Å². The molecule has 1 heterocycles. The second-order valence-electron chi connectivity index (χ2n) is 18.9. The zero-order valence-electron chi connectivity index (χ0n) is 41.4. The molecular formula is C50H69N11O10S2. The average Bonchev–Trinajstić information content (AvgIpc) is 3.74. The number of primary amides is 1. The number of phenolic OH excluding ortho intramolecular Hbond substituents is 1. The van der Waals surface area contributed by atoms with Gasteiger partial charge in [-0.25, -0.2) is 0 Å². The number of fused-ring (bicyclic) bond motifs is 1. The lowest BCUT2D eigenvalue weighted by Crippen LogP contribution is -2.66. The third-order valence-electron chi connectivity index (χ3n) is 11.9. The second kappa shape index (κ2) is 26.9. The minimum absolute atomic E-state index is 0.0204. The Morgan fingerprint density at radius 3 is 1.79 bits per heavy atom. The summed E-state index contributed by atoms with van der Waals surface area (Å²) in [6.45, 7) is 7.11. The molecule has 4 rings (SSSR count). The summed E-state index contributed by atoms with van der Waals surface area (Å²) in [6.07, 6.45) is 0.436. The van der Waals surface area contributed by atoms with Crippen LogP contribution in [-0.2, 0) is 57.6 Å². The van der Waals surface area contributed by atoms with Crippen molar-refractivity contribution in [1.82, 2.24) is 42.2 Å². The predicted molar refractivity (Wildman–Crippen MR) is 282 cm³/mol. The van der Waals surface area contributed by atoms with E-state index in [4.69, 9.17) is 17.2 Å². The van der Waals surface area contributed by atoms with Crippen LogP contribution in [0.4, 0.5) is 0 Å². The lowest BCUT2D eigenvalue weighted by molar-refractivity contribution is -0.138. The maximum atomic E-state index is 14.6. The fourth-order valence-electron chi connectivity index (χ4n) is 7.64. The number of benzene rings is 3. The van der Waals surface area contributed by atoms with Gasteiger partial charge >= 0.3 is 0 Å². The van der Waals surface area contributed by atoms with Gasteiger partial charge in [0.1, 0.15) is 47.5 Å². The number of para-hydroxylation sites is 1. The van der Waals surface area contributed by atoms with Crippen molar-refractivity contribution in [3.05, 3.63) is 102 Å². The van der Waals surface area contributed by atoms with Crippen LogP contribution >= 0.6 is 25.3 Å². The second-order valence-corrected chi connectivity index (χ2v) is 20.4. The van der Waals surface area contributed by atoms with Crippen molar-refractivity contribution in [1.29, 1.82) is 0 Å². The van der Waals surface area contributed by atoms with E-state index in [9.17, 15) is 48.6 Å². The number of aromatic nitrogens is 1. The summed E-state index contributed by atoms with van der Waals surface area (Å²) < 4.78 is -1.25. The number of aromatic amines is 1. The molecule has 0 spiro atoms. The molecule has 0 aliphatic heterocycles. The standard InChI is InChI=1S/C50H69N11O10S2/c1-27(62)39(41(53)64)59-47(70)40(50(4,5)73)60-48(71)49(2,3)61-46(69)35(16-11-21-51)55-44(67)37(24-30-25-54-34-15-10-9-14-32(30)34)57-43(66)36(23-29-17-19-31(63)20-18-29)56-45(68)38(26-72)58-42(65)33(52)22-28-12-7-6-8-13-28/h6-10,12-15,17-20,25,27,33,35-40,54,62-63,72-73H,11,16,21-24,26,51-52H2,1-5H3,(H2,53,64)(H,55,67)(H,56,68)(H,57,66)(H,58,65)(H,59,70)(H,60,71)(H,61,69)/t27-,33-,35+,36+,37-,38+,39+,40-/m1/s1. The van der Waals surface area contributed by atoms with Crippen molar-refractivity contribution in [2.24, 2.45) is 17.2 Å². The lowest BCUT2D eigenvalue weighted by atomic mass is 9.97. The van der Waals surface area contributed by atoms with Crippen LogP contribution in [0.25, 0.3) is 10.9 Å². The predicted octanol–water partition coefficient (Wildman–Crippen LogP) is -0.724. The Morgan fingerprint density at radius 1 is 0.671 bits per heavy atom. The number of carbonyl (C=O) groups excluding carboxylic acids is 8. The van der Waals surface area contributed by atoms with Crippen LogP contribution in [0.3, 0.4) is 0 Å². The molecular weight excluding hydrogens is 979 g/mol. The molecule has 23 heteroatoms. The van der Waals surface area contributed by atoms with Crippen LogP contribution in [0, 0.1) is 0 Å². The fourth-order valence-corrected chi connectivity index (χ4v) is 8.08. The van der Waals surface area contributed by atoms with Crippen LogP contribution in [0.15, 0.2) is 85.1 Å². The van der Waals surface area contributed by atoms with E-state index in [1.165, 1.54) is 46.8 Å². The molecule has 16 N–H and O–H groups in total. The number of hydrogen-bond donors (Lipinski definition) is 15. The van der Waals surface area contributed by atoms with E-state index >= 15 is 0 Å². The van der Waals surface area contributed by atoms with Gasteiger partial charge in [0.05, 0.1) is 12.1 Å². The largest absolute Gasteiger partial charge is 0.508 e. The van der Waals surface area contributed by atoms with E-state index in [-0.39, 0.29) is 50.2 Å². The molecule has 0 saturated heterocycles. The molecule has 4 aromatic rings. The molecule has 396 valence electrons. The van der Waals surface area contributed by atoms with Crippen molar-refractivity contribution < 1.29 is 48.6 Å². The van der Waals surface area contributed by atoms with E-state index in [1.54, 1.807) is 36.5 Å².